The molecule has 0 fully saturated rings. The largest absolute Gasteiger partial charge is 0.343 e. The molecule has 0 aromatic carbocycles. The number of nitrogens with zero attached hydrogens (tertiary/aromatic N) is 1. The van der Waals surface area contributed by atoms with Crippen molar-refractivity contribution in [2.24, 2.45) is 0 Å². The van der Waals surface area contributed by atoms with Crippen LogP contribution in [0.3, 0.4) is 0 Å². The standard InChI is InChI=1S/C26H53NO/c1-4-6-8-10-12-14-15-16-17-19-21-23-25-27(26(3)28)24-22-20-18-13-11-9-7-5-2/h4-25H2,1-3H3. The third kappa shape index (κ3) is 20.2. The van der Waals surface area contributed by atoms with E-state index in [1.807, 2.05) is 0 Å². The van der Waals surface area contributed by atoms with Crippen molar-refractivity contribution in [3.63, 3.8) is 0 Å². The molecule has 0 unspecified atom stereocenters. The molecule has 0 aliphatic carbocycles. The van der Waals surface area contributed by atoms with Gasteiger partial charge in [-0.2, -0.15) is 0 Å². The summed E-state index contributed by atoms with van der Waals surface area (Å²) in [6, 6.07) is 0. The van der Waals surface area contributed by atoms with E-state index in [2.05, 4.69) is 18.7 Å². The molecule has 2 nitrogen and oxygen atoms in total. The van der Waals surface area contributed by atoms with Crippen molar-refractivity contribution < 1.29 is 4.79 Å². The van der Waals surface area contributed by atoms with Crippen molar-refractivity contribution in [1.29, 1.82) is 0 Å². The Morgan fingerprint density at radius 2 is 0.714 bits per heavy atom. The molecule has 0 saturated carbocycles. The summed E-state index contributed by atoms with van der Waals surface area (Å²) in [5.74, 6) is 0.269. The summed E-state index contributed by atoms with van der Waals surface area (Å²) in [7, 11) is 0. The summed E-state index contributed by atoms with van der Waals surface area (Å²) in [5.41, 5.74) is 0. The number of amides is 1. The SMILES string of the molecule is CCCCCCCCCCCCCCN(CCCCCCCCCC)C(C)=O. The fourth-order valence-corrected chi connectivity index (χ4v) is 4.01. The van der Waals surface area contributed by atoms with Crippen molar-refractivity contribution in [2.75, 3.05) is 13.1 Å². The lowest BCUT2D eigenvalue weighted by Gasteiger charge is -2.21. The van der Waals surface area contributed by atoms with Crippen LogP contribution in [0.1, 0.15) is 149 Å². The van der Waals surface area contributed by atoms with E-state index in [1.54, 1.807) is 6.92 Å². The molecule has 0 bridgehead atoms. The maximum atomic E-state index is 11.8. The van der Waals surface area contributed by atoms with Gasteiger partial charge < -0.3 is 4.90 Å². The Hall–Kier alpha value is -0.530. The van der Waals surface area contributed by atoms with E-state index in [1.165, 1.54) is 128 Å². The fourth-order valence-electron chi connectivity index (χ4n) is 4.01. The number of carbonyl (C=O) groups is 1. The molecule has 0 N–H and O–H groups in total. The minimum absolute atomic E-state index is 0.269. The normalized spacial score (nSPS) is 11.1. The minimum Gasteiger partial charge on any atom is -0.343 e. The van der Waals surface area contributed by atoms with E-state index >= 15 is 0 Å². The first-order valence-corrected chi connectivity index (χ1v) is 13.0. The maximum Gasteiger partial charge on any atom is 0.219 e. The van der Waals surface area contributed by atoms with Gasteiger partial charge in [-0.25, -0.2) is 0 Å². The van der Waals surface area contributed by atoms with E-state index in [4.69, 9.17) is 0 Å². The molecule has 0 aromatic rings. The van der Waals surface area contributed by atoms with E-state index < -0.39 is 0 Å². The predicted octanol–water partition coefficient (Wildman–Crippen LogP) is 8.68. The zero-order valence-electron chi connectivity index (χ0n) is 19.9. The Morgan fingerprint density at radius 3 is 0.964 bits per heavy atom. The van der Waals surface area contributed by atoms with Gasteiger partial charge in [0, 0.05) is 20.0 Å². The molecule has 0 rings (SSSR count). The lowest BCUT2D eigenvalue weighted by Crippen LogP contribution is -2.30. The quantitative estimate of drug-likeness (QED) is 0.168. The average Bonchev–Trinajstić information content (AvgIpc) is 2.68. The summed E-state index contributed by atoms with van der Waals surface area (Å²) in [6.45, 7) is 8.25. The molecule has 0 saturated heterocycles. The van der Waals surface area contributed by atoms with Crippen LogP contribution in [0.4, 0.5) is 0 Å². The molecule has 0 radical (unpaired) electrons. The summed E-state index contributed by atoms with van der Waals surface area (Å²) < 4.78 is 0. The van der Waals surface area contributed by atoms with Crippen molar-refractivity contribution in [3.05, 3.63) is 0 Å². The van der Waals surface area contributed by atoms with Crippen LogP contribution in [0.25, 0.3) is 0 Å². The molecule has 1 amide bonds. The second kappa shape index (κ2) is 22.8. The topological polar surface area (TPSA) is 20.3 Å². The van der Waals surface area contributed by atoms with Crippen molar-refractivity contribution >= 4 is 5.91 Å². The second-order valence-corrected chi connectivity index (χ2v) is 8.87. The molecule has 0 heterocycles. The molecule has 0 spiro atoms. The van der Waals surface area contributed by atoms with Crippen molar-refractivity contribution in [2.45, 2.75) is 149 Å². The maximum absolute atomic E-state index is 11.8. The summed E-state index contributed by atoms with van der Waals surface area (Å²) in [4.78, 5) is 13.9. The number of unbranched alkanes of at least 4 members (excludes halogenated alkanes) is 18. The van der Waals surface area contributed by atoms with Crippen LogP contribution in [-0.4, -0.2) is 23.9 Å². The lowest BCUT2D eigenvalue weighted by atomic mass is 10.1. The van der Waals surface area contributed by atoms with E-state index in [-0.39, 0.29) is 5.91 Å². The molecule has 0 atom stereocenters. The molecule has 0 aromatic heterocycles. The minimum atomic E-state index is 0.269. The second-order valence-electron chi connectivity index (χ2n) is 8.87. The average molecular weight is 396 g/mol. The van der Waals surface area contributed by atoms with Crippen LogP contribution in [0.2, 0.25) is 0 Å². The van der Waals surface area contributed by atoms with Gasteiger partial charge in [0.2, 0.25) is 5.91 Å². The monoisotopic (exact) mass is 395 g/mol. The lowest BCUT2D eigenvalue weighted by molar-refractivity contribution is -0.129. The highest BCUT2D eigenvalue weighted by Gasteiger charge is 2.07. The molecule has 0 aliphatic rings. The highest BCUT2D eigenvalue weighted by Crippen LogP contribution is 2.13. The van der Waals surface area contributed by atoms with Gasteiger partial charge in [-0.15, -0.1) is 0 Å². The van der Waals surface area contributed by atoms with Crippen LogP contribution in [0.5, 0.6) is 0 Å². The Balaban J connectivity index is 3.43. The van der Waals surface area contributed by atoms with Crippen LogP contribution in [0, 0.1) is 0 Å². The molecule has 168 valence electrons. The van der Waals surface area contributed by atoms with Gasteiger partial charge in [0.05, 0.1) is 0 Å². The van der Waals surface area contributed by atoms with Gasteiger partial charge >= 0.3 is 0 Å². The van der Waals surface area contributed by atoms with E-state index in [0.29, 0.717) is 0 Å². The van der Waals surface area contributed by atoms with Crippen LogP contribution < -0.4 is 0 Å². The molecule has 28 heavy (non-hydrogen) atoms. The third-order valence-electron chi connectivity index (χ3n) is 6.01. The zero-order valence-corrected chi connectivity index (χ0v) is 19.9. The van der Waals surface area contributed by atoms with Crippen molar-refractivity contribution in [3.8, 4) is 0 Å². The van der Waals surface area contributed by atoms with Crippen LogP contribution >= 0.6 is 0 Å². The molecular weight excluding hydrogens is 342 g/mol. The first-order chi connectivity index (χ1) is 13.7. The Bertz CT molecular complexity index is 316. The highest BCUT2D eigenvalue weighted by atomic mass is 16.2. The van der Waals surface area contributed by atoms with Gasteiger partial charge in [-0.3, -0.25) is 4.79 Å². The number of rotatable bonds is 22. The molecular formula is C26H53NO. The van der Waals surface area contributed by atoms with Gasteiger partial charge in [0.15, 0.2) is 0 Å². The molecule has 2 heteroatoms. The van der Waals surface area contributed by atoms with Crippen molar-refractivity contribution in [1.82, 2.24) is 4.90 Å². The van der Waals surface area contributed by atoms with Crippen LogP contribution in [-0.2, 0) is 4.79 Å². The predicted molar refractivity (Wildman–Crippen MR) is 126 cm³/mol. The number of carbonyl (C=O) groups excluding carboxylic acids is 1. The van der Waals surface area contributed by atoms with Gasteiger partial charge in [-0.05, 0) is 12.8 Å². The number of hydrogen-bond donors (Lipinski definition) is 0. The van der Waals surface area contributed by atoms with Gasteiger partial charge in [-0.1, -0.05) is 129 Å². The first-order valence-electron chi connectivity index (χ1n) is 13.0. The zero-order chi connectivity index (χ0) is 20.7. The Kier molecular flexibility index (Phi) is 22.3. The Morgan fingerprint density at radius 1 is 0.464 bits per heavy atom. The fraction of sp³-hybridized carbons (Fsp3) is 0.962. The van der Waals surface area contributed by atoms with Crippen LogP contribution in [0.15, 0.2) is 0 Å². The first kappa shape index (κ1) is 27.5. The van der Waals surface area contributed by atoms with E-state index in [0.717, 1.165) is 13.1 Å². The third-order valence-corrected chi connectivity index (χ3v) is 6.01. The van der Waals surface area contributed by atoms with E-state index in [9.17, 15) is 4.79 Å². The highest BCUT2D eigenvalue weighted by molar-refractivity contribution is 5.73. The Labute approximate surface area is 178 Å². The summed E-state index contributed by atoms with van der Waals surface area (Å²) in [5, 5.41) is 0. The summed E-state index contributed by atoms with van der Waals surface area (Å²) >= 11 is 0. The number of hydrogen-bond acceptors (Lipinski definition) is 1. The van der Waals surface area contributed by atoms with Gasteiger partial charge in [0.1, 0.15) is 0 Å². The smallest absolute Gasteiger partial charge is 0.219 e. The molecule has 0 aliphatic heterocycles. The van der Waals surface area contributed by atoms with Gasteiger partial charge in [0.25, 0.3) is 0 Å². The summed E-state index contributed by atoms with van der Waals surface area (Å²) in [6.07, 6.45) is 27.2.